The number of nitrogen functional groups attached to an aromatic ring is 1. The highest BCUT2D eigenvalue weighted by Crippen LogP contribution is 2.29. The van der Waals surface area contributed by atoms with Crippen LogP contribution in [-0.2, 0) is 0 Å². The Morgan fingerprint density at radius 2 is 1.86 bits per heavy atom. The van der Waals surface area contributed by atoms with Gasteiger partial charge in [-0.2, -0.15) is 0 Å². The third-order valence-electron chi connectivity index (χ3n) is 2.89. The molecule has 0 fully saturated rings. The predicted octanol–water partition coefficient (Wildman–Crippen LogP) is 2.90. The van der Waals surface area contributed by atoms with Crippen molar-refractivity contribution >= 4 is 39.7 Å². The predicted molar refractivity (Wildman–Crippen MR) is 79.9 cm³/mol. The Labute approximate surface area is 123 Å². The van der Waals surface area contributed by atoms with E-state index in [1.807, 2.05) is 12.1 Å². The van der Waals surface area contributed by atoms with Gasteiger partial charge in [0.05, 0.1) is 0 Å². The Hall–Kier alpha value is -2.67. The zero-order valence-electron chi connectivity index (χ0n) is 10.7. The molecule has 0 atom stereocenters. The molecule has 0 saturated carbocycles. The summed E-state index contributed by atoms with van der Waals surface area (Å²) in [4.78, 5) is 17.2. The van der Waals surface area contributed by atoms with Gasteiger partial charge in [-0.25, -0.2) is 15.0 Å². The topological polar surface area (TPSA) is 90.7 Å². The van der Waals surface area contributed by atoms with Crippen molar-refractivity contribution in [2.75, 3.05) is 5.73 Å². The number of anilines is 1. The Balaban J connectivity index is 1.71. The van der Waals surface area contributed by atoms with Crippen LogP contribution < -0.4 is 5.73 Å². The molecule has 0 aliphatic carbocycles. The fraction of sp³-hybridized carbons (Fsp3) is 0. The number of fused-ring (bicyclic) bond motifs is 2. The van der Waals surface area contributed by atoms with E-state index in [1.54, 1.807) is 30.6 Å². The van der Waals surface area contributed by atoms with Gasteiger partial charge in [-0.15, -0.1) is 0 Å². The van der Waals surface area contributed by atoms with Crippen LogP contribution in [0, 0.1) is 0 Å². The summed E-state index contributed by atoms with van der Waals surface area (Å²) < 4.78 is 5.66. The first-order valence-electron chi connectivity index (χ1n) is 6.20. The Kier molecular flexibility index (Phi) is 2.71. The third-order valence-corrected chi connectivity index (χ3v) is 3.68. The molecule has 7 heteroatoms. The number of hydrogen-bond donors (Lipinski definition) is 1. The highest BCUT2D eigenvalue weighted by atomic mass is 32.2. The van der Waals surface area contributed by atoms with E-state index in [0.717, 1.165) is 16.1 Å². The first-order chi connectivity index (χ1) is 10.3. The Morgan fingerprint density at radius 1 is 0.952 bits per heavy atom. The second-order valence-corrected chi connectivity index (χ2v) is 5.33. The summed E-state index contributed by atoms with van der Waals surface area (Å²) in [5.41, 5.74) is 9.18. The molecule has 102 valence electrons. The van der Waals surface area contributed by atoms with E-state index < -0.39 is 0 Å². The molecule has 1 aromatic carbocycles. The minimum absolute atomic E-state index is 0.520. The molecule has 0 radical (unpaired) electrons. The molecule has 3 aromatic heterocycles. The molecule has 0 spiro atoms. The maximum Gasteiger partial charge on any atom is 0.263 e. The molecule has 3 heterocycles. The van der Waals surface area contributed by atoms with Gasteiger partial charge in [0.15, 0.2) is 11.2 Å². The number of benzene rings is 1. The summed E-state index contributed by atoms with van der Waals surface area (Å²) in [5.74, 6) is 0. The van der Waals surface area contributed by atoms with Crippen LogP contribution in [0.5, 0.6) is 0 Å². The molecule has 2 N–H and O–H groups in total. The summed E-state index contributed by atoms with van der Waals surface area (Å²) in [6, 6.07) is 9.11. The number of nitrogens with zero attached hydrogens (tertiary/aromatic N) is 4. The smallest absolute Gasteiger partial charge is 0.263 e. The molecule has 21 heavy (non-hydrogen) atoms. The van der Waals surface area contributed by atoms with Crippen molar-refractivity contribution in [3.05, 3.63) is 42.7 Å². The molecule has 0 aliphatic rings. The molecule has 4 aromatic rings. The number of oxazole rings is 1. The first-order valence-corrected chi connectivity index (χ1v) is 7.01. The Morgan fingerprint density at radius 3 is 2.81 bits per heavy atom. The molecule has 0 aliphatic heterocycles. The summed E-state index contributed by atoms with van der Waals surface area (Å²) in [6.07, 6.45) is 3.26. The van der Waals surface area contributed by atoms with Gasteiger partial charge in [0.25, 0.3) is 5.22 Å². The first kappa shape index (κ1) is 12.1. The maximum atomic E-state index is 5.73. The standard InChI is InChI=1S/C14H9N5OS/c15-8-1-3-11-10(7-8)18-14(20-11)21-12-4-2-9-13(19-12)17-6-5-16-9/h1-7H,15H2. The highest BCUT2D eigenvalue weighted by Gasteiger charge is 2.09. The fourth-order valence-electron chi connectivity index (χ4n) is 1.95. The number of nitrogens with two attached hydrogens (primary N) is 1. The van der Waals surface area contributed by atoms with E-state index in [9.17, 15) is 0 Å². The van der Waals surface area contributed by atoms with Crippen LogP contribution >= 0.6 is 11.8 Å². The van der Waals surface area contributed by atoms with Crippen LogP contribution in [0.3, 0.4) is 0 Å². The van der Waals surface area contributed by atoms with Crippen LogP contribution in [0.25, 0.3) is 22.3 Å². The average molecular weight is 295 g/mol. The highest BCUT2D eigenvalue weighted by molar-refractivity contribution is 7.99. The van der Waals surface area contributed by atoms with Gasteiger partial charge in [0, 0.05) is 18.1 Å². The lowest BCUT2D eigenvalue weighted by atomic mass is 10.3. The lowest BCUT2D eigenvalue weighted by Crippen LogP contribution is -1.87. The fourth-order valence-corrected chi connectivity index (χ4v) is 2.67. The van der Waals surface area contributed by atoms with Crippen molar-refractivity contribution in [2.24, 2.45) is 0 Å². The minimum Gasteiger partial charge on any atom is -0.431 e. The van der Waals surface area contributed by atoms with Gasteiger partial charge in [-0.05, 0) is 42.1 Å². The quantitative estimate of drug-likeness (QED) is 0.568. The zero-order valence-corrected chi connectivity index (χ0v) is 11.5. The zero-order chi connectivity index (χ0) is 14.2. The molecule has 0 amide bonds. The van der Waals surface area contributed by atoms with Gasteiger partial charge in [-0.1, -0.05) is 0 Å². The average Bonchev–Trinajstić information content (AvgIpc) is 2.88. The Bertz CT molecular complexity index is 952. The van der Waals surface area contributed by atoms with E-state index >= 15 is 0 Å². The van der Waals surface area contributed by atoms with Crippen molar-refractivity contribution < 1.29 is 4.42 Å². The third kappa shape index (κ3) is 2.27. The maximum absolute atomic E-state index is 5.73. The van der Waals surface area contributed by atoms with Crippen LogP contribution in [0.1, 0.15) is 0 Å². The number of rotatable bonds is 2. The summed E-state index contributed by atoms with van der Waals surface area (Å²) in [7, 11) is 0. The van der Waals surface area contributed by atoms with Crippen LogP contribution in [0.4, 0.5) is 5.69 Å². The van der Waals surface area contributed by atoms with Crippen molar-refractivity contribution in [2.45, 2.75) is 10.2 Å². The molecule has 6 nitrogen and oxygen atoms in total. The van der Waals surface area contributed by atoms with Crippen molar-refractivity contribution in [1.82, 2.24) is 19.9 Å². The molecular formula is C14H9N5OS. The van der Waals surface area contributed by atoms with E-state index in [1.165, 1.54) is 11.8 Å². The lowest BCUT2D eigenvalue weighted by molar-refractivity contribution is 0.489. The van der Waals surface area contributed by atoms with Crippen LogP contribution in [-0.4, -0.2) is 19.9 Å². The van der Waals surface area contributed by atoms with Gasteiger partial charge in [0.2, 0.25) is 0 Å². The molecule has 0 unspecified atom stereocenters. The van der Waals surface area contributed by atoms with Crippen molar-refractivity contribution in [3.63, 3.8) is 0 Å². The minimum atomic E-state index is 0.520. The van der Waals surface area contributed by atoms with E-state index in [0.29, 0.717) is 22.1 Å². The number of hydrogen-bond acceptors (Lipinski definition) is 7. The van der Waals surface area contributed by atoms with Gasteiger partial charge >= 0.3 is 0 Å². The lowest BCUT2D eigenvalue weighted by Gasteiger charge is -1.98. The van der Waals surface area contributed by atoms with E-state index in [2.05, 4.69) is 19.9 Å². The number of aromatic nitrogens is 4. The van der Waals surface area contributed by atoms with Crippen LogP contribution in [0.15, 0.2) is 57.4 Å². The summed E-state index contributed by atoms with van der Waals surface area (Å²) in [6.45, 7) is 0. The van der Waals surface area contributed by atoms with Crippen molar-refractivity contribution in [3.8, 4) is 0 Å². The molecular weight excluding hydrogens is 286 g/mol. The molecule has 0 bridgehead atoms. The van der Waals surface area contributed by atoms with Crippen molar-refractivity contribution in [1.29, 1.82) is 0 Å². The monoisotopic (exact) mass is 295 g/mol. The molecule has 4 rings (SSSR count). The summed E-state index contributed by atoms with van der Waals surface area (Å²) in [5, 5.41) is 1.27. The van der Waals surface area contributed by atoms with E-state index in [4.69, 9.17) is 10.2 Å². The largest absolute Gasteiger partial charge is 0.431 e. The van der Waals surface area contributed by atoms with Gasteiger partial charge < -0.3 is 10.2 Å². The molecule has 0 saturated heterocycles. The van der Waals surface area contributed by atoms with E-state index in [-0.39, 0.29) is 0 Å². The second kappa shape index (κ2) is 4.71. The van der Waals surface area contributed by atoms with Crippen LogP contribution in [0.2, 0.25) is 0 Å². The van der Waals surface area contributed by atoms with Gasteiger partial charge in [-0.3, -0.25) is 4.98 Å². The SMILES string of the molecule is Nc1ccc2oc(Sc3ccc4nccnc4n3)nc2c1. The van der Waals surface area contributed by atoms with Gasteiger partial charge in [0.1, 0.15) is 16.1 Å². The summed E-state index contributed by atoms with van der Waals surface area (Å²) >= 11 is 1.34. The normalized spacial score (nSPS) is 11.2. The number of pyridine rings is 1. The second-order valence-electron chi connectivity index (χ2n) is 4.36.